The Hall–Kier alpha value is 0.297. The van der Waals surface area contributed by atoms with E-state index < -0.39 is 15.3 Å². The molecule has 12 aliphatic rings. The maximum atomic E-state index is 2.97. The molecule has 228 valence electrons. The summed E-state index contributed by atoms with van der Waals surface area (Å²) in [6.07, 6.45) is 31.1. The first-order chi connectivity index (χ1) is 20.1. The molecule has 0 nitrogen and oxygen atoms in total. The van der Waals surface area contributed by atoms with Crippen molar-refractivity contribution in [3.05, 3.63) is 23.8 Å². The second-order valence-corrected chi connectivity index (χ2v) is 32.0. The Morgan fingerprint density at radius 3 is 1.36 bits per heavy atom. The average molecular weight is 618 g/mol. The van der Waals surface area contributed by atoms with E-state index in [0.717, 1.165) is 63.6 Å². The first-order valence-corrected chi connectivity index (χ1v) is 26.3. The van der Waals surface area contributed by atoms with Crippen LogP contribution in [-0.2, 0) is 6.16 Å². The highest BCUT2D eigenvalue weighted by Gasteiger charge is 2.63. The van der Waals surface area contributed by atoms with Crippen LogP contribution in [0.25, 0.3) is 0 Å². The molecule has 12 fully saturated rings. The van der Waals surface area contributed by atoms with Crippen molar-refractivity contribution in [2.75, 3.05) is 18.5 Å². The molecule has 1 aromatic carbocycles. The van der Waals surface area contributed by atoms with Crippen LogP contribution in [0.4, 0.5) is 0 Å². The Morgan fingerprint density at radius 1 is 0.595 bits per heavy atom. The lowest BCUT2D eigenvalue weighted by Gasteiger charge is -2.67. The zero-order chi connectivity index (χ0) is 28.1. The summed E-state index contributed by atoms with van der Waals surface area (Å²) in [6.45, 7) is 7.88. The van der Waals surface area contributed by atoms with Crippen molar-refractivity contribution >= 4 is 33.7 Å². The maximum Gasteiger partial charge on any atom is 0.0973 e. The fraction of sp³-hybridized carbons (Fsp3) is 0.846. The van der Waals surface area contributed by atoms with E-state index in [9.17, 15) is 0 Å². The van der Waals surface area contributed by atoms with Crippen LogP contribution in [0.15, 0.2) is 18.2 Å². The highest BCUT2D eigenvalue weighted by atomic mass is 31.2. The van der Waals surface area contributed by atoms with Crippen LogP contribution in [-0.4, -0.2) is 36.9 Å². The minimum Gasteiger partial charge on any atom is -0.0893 e. The van der Waals surface area contributed by atoms with Crippen molar-refractivity contribution < 1.29 is 0 Å². The van der Waals surface area contributed by atoms with Gasteiger partial charge in [0.25, 0.3) is 0 Å². The molecule has 13 rings (SSSR count). The van der Waals surface area contributed by atoms with Crippen molar-refractivity contribution in [1.82, 2.24) is 0 Å². The maximum absolute atomic E-state index is 2.97. The molecular formula is C39H59P2Si+. The SMILES string of the molecule is C[Si](C)(C)c1ccc(CP(C23CC4CC(CC(C4)C2)C3)C23CC4CC(CC(C4)C2)C3)c([P+]23CC4CC(CC(C4)C2)C3)c1. The highest BCUT2D eigenvalue weighted by molar-refractivity contribution is 7.83. The van der Waals surface area contributed by atoms with Crippen LogP contribution in [0.1, 0.15) is 102 Å². The van der Waals surface area contributed by atoms with Crippen molar-refractivity contribution in [2.24, 2.45) is 53.3 Å². The lowest BCUT2D eigenvalue weighted by atomic mass is 9.55. The number of rotatable bonds is 6. The zero-order valence-electron chi connectivity index (χ0n) is 27.3. The molecule has 42 heavy (non-hydrogen) atoms. The standard InChI is InChI=1S/C39H59P2Si/c1-42(2,3)36-5-4-35(37(15-36)41-23-32-12-33(24-41)14-34(13-32)25-41)22-40(38-16-26-6-27(17-38)8-28(7-26)18-38)39-19-29-9-30(20-39)11-31(10-29)21-39/h4-5,15,26-34H,6-14,16-25H2,1-3H3/q+1. The second kappa shape index (κ2) is 9.22. The molecule has 0 spiro atoms. The predicted octanol–water partition coefficient (Wildman–Crippen LogP) is 9.85. The van der Waals surface area contributed by atoms with Crippen LogP contribution in [0.2, 0.25) is 19.6 Å². The van der Waals surface area contributed by atoms with E-state index in [4.69, 9.17) is 0 Å². The molecule has 3 aliphatic heterocycles. The summed E-state index contributed by atoms with van der Waals surface area (Å²) >= 11 is 0. The molecular weight excluding hydrogens is 558 g/mol. The van der Waals surface area contributed by atoms with Crippen LogP contribution < -0.4 is 10.5 Å². The van der Waals surface area contributed by atoms with Gasteiger partial charge in [-0.05, 0) is 178 Å². The van der Waals surface area contributed by atoms with E-state index in [1.165, 1.54) is 0 Å². The minimum atomic E-state index is -1.33. The van der Waals surface area contributed by atoms with Gasteiger partial charge in [0.15, 0.2) is 0 Å². The number of hydrogen-bond donors (Lipinski definition) is 0. The largest absolute Gasteiger partial charge is 0.0973 e. The van der Waals surface area contributed by atoms with Gasteiger partial charge in [0.2, 0.25) is 0 Å². The Morgan fingerprint density at radius 2 is 0.976 bits per heavy atom. The molecule has 0 N–H and O–H groups in total. The molecule has 0 amide bonds. The van der Waals surface area contributed by atoms with Crippen LogP contribution in [0.5, 0.6) is 0 Å². The molecule has 0 atom stereocenters. The zero-order valence-corrected chi connectivity index (χ0v) is 30.0. The van der Waals surface area contributed by atoms with Gasteiger partial charge in [0.05, 0.1) is 31.9 Å². The molecule has 9 saturated carbocycles. The van der Waals surface area contributed by atoms with E-state index in [-0.39, 0.29) is 7.92 Å². The van der Waals surface area contributed by atoms with Crippen molar-refractivity contribution in [2.45, 2.75) is 132 Å². The van der Waals surface area contributed by atoms with E-state index in [0.29, 0.717) is 0 Å². The quantitative estimate of drug-likeness (QED) is 0.220. The Kier molecular flexibility index (Phi) is 6.02. The Labute approximate surface area is 260 Å². The topological polar surface area (TPSA) is 0 Å². The summed E-state index contributed by atoms with van der Waals surface area (Å²) in [7, 11) is -2.29. The molecule has 0 aromatic heterocycles. The van der Waals surface area contributed by atoms with Gasteiger partial charge in [0, 0.05) is 7.26 Å². The summed E-state index contributed by atoms with van der Waals surface area (Å²) in [5, 5.41) is 5.41. The van der Waals surface area contributed by atoms with Gasteiger partial charge in [-0.25, -0.2) is 0 Å². The summed E-state index contributed by atoms with van der Waals surface area (Å²) in [5.74, 6) is 9.96. The third-order valence-corrected chi connectivity index (χ3v) is 26.9. The van der Waals surface area contributed by atoms with E-state index in [1.807, 2.05) is 5.56 Å². The highest BCUT2D eigenvalue weighted by Crippen LogP contribution is 2.80. The smallest absolute Gasteiger partial charge is 0.0893 e. The van der Waals surface area contributed by atoms with E-state index in [2.05, 4.69) is 43.1 Å². The van der Waals surface area contributed by atoms with Crippen LogP contribution in [0.3, 0.4) is 0 Å². The lowest BCUT2D eigenvalue weighted by molar-refractivity contribution is 0.0184. The Balaban J connectivity index is 1.11. The fourth-order valence-electron chi connectivity index (χ4n) is 15.6. The summed E-state index contributed by atoms with van der Waals surface area (Å²) < 4.78 is 0. The van der Waals surface area contributed by atoms with Crippen LogP contribution >= 0.6 is 15.2 Å². The fourth-order valence-corrected chi connectivity index (χ4v) is 28.2. The molecule has 3 saturated heterocycles. The molecule has 9 aliphatic carbocycles. The van der Waals surface area contributed by atoms with Crippen molar-refractivity contribution in [1.29, 1.82) is 0 Å². The van der Waals surface area contributed by atoms with Gasteiger partial charge in [-0.15, -0.1) is 0 Å². The summed E-state index contributed by atoms with van der Waals surface area (Å²) in [5.41, 5.74) is 1.98. The van der Waals surface area contributed by atoms with Gasteiger partial charge in [0.1, 0.15) is 0 Å². The van der Waals surface area contributed by atoms with Crippen LogP contribution in [0, 0.1) is 53.3 Å². The van der Waals surface area contributed by atoms with Gasteiger partial charge >= 0.3 is 0 Å². The van der Waals surface area contributed by atoms with Gasteiger partial charge in [-0.3, -0.25) is 0 Å². The predicted molar refractivity (Wildman–Crippen MR) is 187 cm³/mol. The van der Waals surface area contributed by atoms with Crippen molar-refractivity contribution in [3.63, 3.8) is 0 Å². The molecule has 3 heterocycles. The van der Waals surface area contributed by atoms with E-state index >= 15 is 0 Å². The molecule has 0 radical (unpaired) electrons. The lowest BCUT2D eigenvalue weighted by Crippen LogP contribution is -2.56. The van der Waals surface area contributed by atoms with Gasteiger partial charge < -0.3 is 0 Å². The third-order valence-electron chi connectivity index (χ3n) is 15.8. The minimum absolute atomic E-state index is 0.0487. The third kappa shape index (κ3) is 4.16. The molecule has 3 heteroatoms. The number of hydrogen-bond acceptors (Lipinski definition) is 0. The molecule has 1 aromatic rings. The average Bonchev–Trinajstić information content (AvgIpc) is 2.89. The monoisotopic (exact) mass is 617 g/mol. The summed E-state index contributed by atoms with van der Waals surface area (Å²) in [6, 6.07) is 8.52. The first-order valence-electron chi connectivity index (χ1n) is 18.9. The summed E-state index contributed by atoms with van der Waals surface area (Å²) in [4.78, 5) is 0. The number of benzene rings is 1. The molecule has 12 bridgehead atoms. The normalized spacial score (nSPS) is 51.9. The van der Waals surface area contributed by atoms with Gasteiger partial charge in [-0.2, -0.15) is 0 Å². The second-order valence-electron chi connectivity index (χ2n) is 20.0. The van der Waals surface area contributed by atoms with Crippen molar-refractivity contribution in [3.8, 4) is 0 Å². The van der Waals surface area contributed by atoms with E-state index in [1.54, 1.807) is 126 Å². The first kappa shape index (κ1) is 27.4. The Bertz CT molecular complexity index is 1120. The molecule has 0 unspecified atom stereocenters. The van der Waals surface area contributed by atoms with Gasteiger partial charge in [-0.1, -0.05) is 44.9 Å².